The van der Waals surface area contributed by atoms with Gasteiger partial charge in [-0.05, 0) is 31.5 Å². The molecule has 2 N–H and O–H groups in total. The van der Waals surface area contributed by atoms with Gasteiger partial charge in [0.05, 0.1) is 0 Å². The second-order valence-electron chi connectivity index (χ2n) is 5.08. The highest BCUT2D eigenvalue weighted by atomic mass is 35.5. The van der Waals surface area contributed by atoms with Gasteiger partial charge >= 0.3 is 0 Å². The van der Waals surface area contributed by atoms with Crippen molar-refractivity contribution in [1.82, 2.24) is 4.90 Å². The first-order valence-electron chi connectivity index (χ1n) is 6.33. The van der Waals surface area contributed by atoms with E-state index < -0.39 is 0 Å². The summed E-state index contributed by atoms with van der Waals surface area (Å²) in [4.78, 5) is 2.39. The molecule has 1 aromatic rings. The highest BCUT2D eigenvalue weighted by molar-refractivity contribution is 6.31. The van der Waals surface area contributed by atoms with Crippen molar-refractivity contribution < 1.29 is 0 Å². The minimum absolute atomic E-state index is 0.194. The van der Waals surface area contributed by atoms with Crippen molar-refractivity contribution in [2.24, 2.45) is 5.73 Å². The molecule has 0 aliphatic heterocycles. The zero-order valence-corrected chi connectivity index (χ0v) is 11.2. The third kappa shape index (κ3) is 2.65. The monoisotopic (exact) mass is 252 g/mol. The fourth-order valence-corrected chi connectivity index (χ4v) is 3.02. The molecule has 0 saturated heterocycles. The van der Waals surface area contributed by atoms with Crippen molar-refractivity contribution in [2.75, 3.05) is 13.6 Å². The number of benzene rings is 1. The Bertz CT molecular complexity index is 372. The van der Waals surface area contributed by atoms with Crippen LogP contribution in [0.4, 0.5) is 0 Å². The summed E-state index contributed by atoms with van der Waals surface area (Å²) in [7, 11) is 2.17. The van der Waals surface area contributed by atoms with E-state index >= 15 is 0 Å². The largest absolute Gasteiger partial charge is 0.329 e. The van der Waals surface area contributed by atoms with Crippen LogP contribution in [0.2, 0.25) is 5.02 Å². The SMILES string of the molecule is CN(Cc1ccccc1Cl)C1(CN)CCCC1. The Kier molecular flexibility index (Phi) is 4.08. The summed E-state index contributed by atoms with van der Waals surface area (Å²) in [6, 6.07) is 8.06. The van der Waals surface area contributed by atoms with E-state index in [1.807, 2.05) is 18.2 Å². The van der Waals surface area contributed by atoms with Gasteiger partial charge in [-0.25, -0.2) is 0 Å². The van der Waals surface area contributed by atoms with Gasteiger partial charge in [0.25, 0.3) is 0 Å². The lowest BCUT2D eigenvalue weighted by molar-refractivity contribution is 0.124. The van der Waals surface area contributed by atoms with Crippen LogP contribution in [0.5, 0.6) is 0 Å². The lowest BCUT2D eigenvalue weighted by Crippen LogP contribution is -2.49. The standard InChI is InChI=1S/C14H21ClN2/c1-17(14(11-16)8-4-5-9-14)10-12-6-2-3-7-13(12)15/h2-3,6-7H,4-5,8-11,16H2,1H3. The van der Waals surface area contributed by atoms with E-state index in [-0.39, 0.29) is 5.54 Å². The van der Waals surface area contributed by atoms with Crippen LogP contribution in [-0.4, -0.2) is 24.0 Å². The first-order valence-corrected chi connectivity index (χ1v) is 6.70. The quantitative estimate of drug-likeness (QED) is 0.893. The second-order valence-corrected chi connectivity index (χ2v) is 5.49. The van der Waals surface area contributed by atoms with E-state index in [2.05, 4.69) is 18.0 Å². The lowest BCUT2D eigenvalue weighted by Gasteiger charge is -2.38. The predicted octanol–water partition coefficient (Wildman–Crippen LogP) is 3.04. The Labute approximate surface area is 109 Å². The molecule has 0 aromatic heterocycles. The molecule has 2 nitrogen and oxygen atoms in total. The maximum Gasteiger partial charge on any atom is 0.0451 e. The van der Waals surface area contributed by atoms with Crippen molar-refractivity contribution in [1.29, 1.82) is 0 Å². The van der Waals surface area contributed by atoms with Crippen molar-refractivity contribution in [3.8, 4) is 0 Å². The summed E-state index contributed by atoms with van der Waals surface area (Å²) < 4.78 is 0. The van der Waals surface area contributed by atoms with E-state index in [0.717, 1.165) is 18.1 Å². The first kappa shape index (κ1) is 12.9. The Morgan fingerprint density at radius 1 is 1.29 bits per heavy atom. The van der Waals surface area contributed by atoms with Gasteiger partial charge in [-0.3, -0.25) is 4.90 Å². The summed E-state index contributed by atoms with van der Waals surface area (Å²) in [6.07, 6.45) is 5.02. The average Bonchev–Trinajstić information content (AvgIpc) is 2.82. The van der Waals surface area contributed by atoms with Gasteiger partial charge in [0.2, 0.25) is 0 Å². The van der Waals surface area contributed by atoms with E-state index in [1.54, 1.807) is 0 Å². The Balaban J connectivity index is 2.10. The average molecular weight is 253 g/mol. The van der Waals surface area contributed by atoms with Crippen LogP contribution in [0.3, 0.4) is 0 Å². The van der Waals surface area contributed by atoms with Crippen LogP contribution in [0, 0.1) is 0 Å². The van der Waals surface area contributed by atoms with Gasteiger partial charge in [0, 0.05) is 23.7 Å². The molecular weight excluding hydrogens is 232 g/mol. The van der Waals surface area contributed by atoms with Gasteiger partial charge in [-0.1, -0.05) is 42.6 Å². The highest BCUT2D eigenvalue weighted by Crippen LogP contribution is 2.34. The molecule has 0 atom stereocenters. The fourth-order valence-electron chi connectivity index (χ4n) is 2.82. The third-order valence-corrected chi connectivity index (χ3v) is 4.46. The van der Waals surface area contributed by atoms with Crippen LogP contribution in [0.25, 0.3) is 0 Å². The predicted molar refractivity (Wildman–Crippen MR) is 73.2 cm³/mol. The molecule has 1 aromatic carbocycles. The van der Waals surface area contributed by atoms with Crippen LogP contribution >= 0.6 is 11.6 Å². The van der Waals surface area contributed by atoms with E-state index in [1.165, 1.54) is 31.2 Å². The van der Waals surface area contributed by atoms with Crippen molar-refractivity contribution in [2.45, 2.75) is 37.8 Å². The molecule has 1 aliphatic rings. The zero-order valence-electron chi connectivity index (χ0n) is 10.5. The van der Waals surface area contributed by atoms with Crippen LogP contribution in [-0.2, 0) is 6.54 Å². The lowest BCUT2D eigenvalue weighted by atomic mass is 9.95. The summed E-state index contributed by atoms with van der Waals surface area (Å²) in [5.41, 5.74) is 7.37. The normalized spacial score (nSPS) is 18.8. The van der Waals surface area contributed by atoms with Crippen molar-refractivity contribution in [3.05, 3.63) is 34.9 Å². The molecular formula is C14H21ClN2. The fraction of sp³-hybridized carbons (Fsp3) is 0.571. The number of hydrogen-bond donors (Lipinski definition) is 1. The Morgan fingerprint density at radius 2 is 1.94 bits per heavy atom. The molecule has 1 fully saturated rings. The Morgan fingerprint density at radius 3 is 2.53 bits per heavy atom. The molecule has 0 amide bonds. The topological polar surface area (TPSA) is 29.3 Å². The maximum absolute atomic E-state index is 6.21. The van der Waals surface area contributed by atoms with Gasteiger partial charge in [0.15, 0.2) is 0 Å². The molecule has 17 heavy (non-hydrogen) atoms. The molecule has 1 aliphatic carbocycles. The Hall–Kier alpha value is -0.570. The maximum atomic E-state index is 6.21. The zero-order chi connectivity index (χ0) is 12.3. The molecule has 2 rings (SSSR count). The van der Waals surface area contributed by atoms with E-state index in [9.17, 15) is 0 Å². The number of hydrogen-bond acceptors (Lipinski definition) is 2. The molecule has 0 radical (unpaired) electrons. The molecule has 1 saturated carbocycles. The highest BCUT2D eigenvalue weighted by Gasteiger charge is 2.36. The molecule has 0 bridgehead atoms. The number of nitrogens with zero attached hydrogens (tertiary/aromatic N) is 1. The minimum Gasteiger partial charge on any atom is -0.329 e. The van der Waals surface area contributed by atoms with Gasteiger partial charge < -0.3 is 5.73 Å². The van der Waals surface area contributed by atoms with E-state index in [4.69, 9.17) is 17.3 Å². The number of nitrogens with two attached hydrogens (primary N) is 1. The number of likely N-dealkylation sites (N-methyl/N-ethyl adjacent to an activating group) is 1. The molecule has 0 spiro atoms. The third-order valence-electron chi connectivity index (χ3n) is 4.09. The minimum atomic E-state index is 0.194. The van der Waals surface area contributed by atoms with E-state index in [0.29, 0.717) is 0 Å². The molecule has 0 unspecified atom stereocenters. The molecule has 3 heteroatoms. The number of rotatable bonds is 4. The van der Waals surface area contributed by atoms with Gasteiger partial charge in [0.1, 0.15) is 0 Å². The van der Waals surface area contributed by atoms with Gasteiger partial charge in [-0.15, -0.1) is 0 Å². The van der Waals surface area contributed by atoms with Crippen molar-refractivity contribution in [3.63, 3.8) is 0 Å². The smallest absolute Gasteiger partial charge is 0.0451 e. The molecule has 0 heterocycles. The summed E-state index contributed by atoms with van der Waals surface area (Å²) in [5.74, 6) is 0. The van der Waals surface area contributed by atoms with Crippen LogP contribution in [0.1, 0.15) is 31.2 Å². The second kappa shape index (κ2) is 5.38. The summed E-state index contributed by atoms with van der Waals surface area (Å²) >= 11 is 6.21. The number of halogens is 1. The van der Waals surface area contributed by atoms with Gasteiger partial charge in [-0.2, -0.15) is 0 Å². The summed E-state index contributed by atoms with van der Waals surface area (Å²) in [6.45, 7) is 1.63. The molecule has 94 valence electrons. The summed E-state index contributed by atoms with van der Waals surface area (Å²) in [5, 5.41) is 0.851. The van der Waals surface area contributed by atoms with Crippen LogP contribution in [0.15, 0.2) is 24.3 Å². The van der Waals surface area contributed by atoms with Crippen molar-refractivity contribution >= 4 is 11.6 Å². The van der Waals surface area contributed by atoms with Crippen LogP contribution < -0.4 is 5.73 Å². The first-order chi connectivity index (χ1) is 8.18.